The molecule has 2 saturated heterocycles. The Morgan fingerprint density at radius 3 is 2.65 bits per heavy atom. The topological polar surface area (TPSA) is 75.0 Å². The summed E-state index contributed by atoms with van der Waals surface area (Å²) in [5.74, 6) is 0. The van der Waals surface area contributed by atoms with E-state index in [1.807, 2.05) is 12.1 Å². The summed E-state index contributed by atoms with van der Waals surface area (Å²) in [6.45, 7) is 5.83. The molecule has 0 atom stereocenters. The second-order valence-corrected chi connectivity index (χ2v) is 6.76. The first-order valence-electron chi connectivity index (χ1n) is 8.53. The molecular weight excluding hydrogens is 354 g/mol. The second kappa shape index (κ2) is 7.00. The Morgan fingerprint density at radius 2 is 1.96 bits per heavy atom. The highest BCUT2D eigenvalue weighted by Gasteiger charge is 2.25. The van der Waals surface area contributed by atoms with Gasteiger partial charge in [0.25, 0.3) is 10.9 Å². The van der Waals surface area contributed by atoms with Crippen molar-refractivity contribution >= 4 is 39.5 Å². The highest BCUT2D eigenvalue weighted by Crippen LogP contribution is 2.33. The van der Waals surface area contributed by atoms with Crippen molar-refractivity contribution in [2.45, 2.75) is 0 Å². The van der Waals surface area contributed by atoms with Crippen molar-refractivity contribution in [3.8, 4) is 0 Å². The molecule has 3 heterocycles. The zero-order valence-corrected chi connectivity index (χ0v) is 15.0. The molecule has 0 saturated carbocycles. The van der Waals surface area contributed by atoms with Gasteiger partial charge in [-0.25, -0.2) is 0 Å². The summed E-state index contributed by atoms with van der Waals surface area (Å²) in [6.07, 6.45) is 3.25. The summed E-state index contributed by atoms with van der Waals surface area (Å²) < 4.78 is 5.34. The van der Waals surface area contributed by atoms with Crippen LogP contribution in [0.25, 0.3) is 10.8 Å². The summed E-state index contributed by atoms with van der Waals surface area (Å²) in [5.41, 5.74) is 1.12. The minimum Gasteiger partial charge on any atom is -0.469 e. The van der Waals surface area contributed by atoms with Gasteiger partial charge in [0.1, 0.15) is 6.61 Å². The van der Waals surface area contributed by atoms with Gasteiger partial charge in [0.2, 0.25) is 0 Å². The molecule has 2 aliphatic rings. The van der Waals surface area contributed by atoms with Crippen molar-refractivity contribution in [1.29, 1.82) is 0 Å². The first-order chi connectivity index (χ1) is 12.6. The maximum Gasteiger partial charge on any atom is 0.278 e. The predicted molar refractivity (Wildman–Crippen MR) is 102 cm³/mol. The second-order valence-electron chi connectivity index (χ2n) is 6.41. The lowest BCUT2D eigenvalue weighted by Crippen LogP contribution is -2.50. The lowest BCUT2D eigenvalue weighted by Gasteiger charge is -2.38. The molecule has 0 spiro atoms. The number of fused-ring (bicyclic) bond motifs is 1. The van der Waals surface area contributed by atoms with Gasteiger partial charge >= 0.3 is 0 Å². The van der Waals surface area contributed by atoms with Crippen molar-refractivity contribution < 1.29 is 9.66 Å². The Balaban J connectivity index is 1.50. The predicted octanol–water partition coefficient (Wildman–Crippen LogP) is 1.84. The van der Waals surface area contributed by atoms with Gasteiger partial charge in [-0.15, -0.1) is 0 Å². The third-order valence-corrected chi connectivity index (χ3v) is 5.27. The van der Waals surface area contributed by atoms with Crippen LogP contribution in [0.4, 0.5) is 11.4 Å². The van der Waals surface area contributed by atoms with Crippen molar-refractivity contribution in [3.63, 3.8) is 0 Å². The molecule has 1 aromatic heterocycles. The number of aromatic nitrogens is 1. The quantitative estimate of drug-likeness (QED) is 0.457. The Bertz CT molecular complexity index is 853. The highest BCUT2D eigenvalue weighted by molar-refractivity contribution is 7.80. The third kappa shape index (κ3) is 3.15. The standard InChI is InChI=1S/C17H19N5O3S/c23-22(24)16-2-1-15(13-3-4-18-11-14(13)16)20-7-5-19(6-8-20)12-21-9-10-25-17(21)26/h1-4,11H,5-10,12H2. The number of nitrogens with zero attached hydrogens (tertiary/aromatic N) is 5. The van der Waals surface area contributed by atoms with Crippen LogP contribution < -0.4 is 4.90 Å². The van der Waals surface area contributed by atoms with E-state index in [0.717, 1.165) is 50.5 Å². The minimum absolute atomic E-state index is 0.0954. The molecule has 4 rings (SSSR count). The van der Waals surface area contributed by atoms with E-state index < -0.39 is 0 Å². The molecule has 136 valence electrons. The van der Waals surface area contributed by atoms with Gasteiger partial charge in [0, 0.05) is 55.7 Å². The van der Waals surface area contributed by atoms with Crippen LogP contribution in [0.3, 0.4) is 0 Å². The molecular formula is C17H19N5O3S. The van der Waals surface area contributed by atoms with Gasteiger partial charge in [-0.05, 0) is 24.4 Å². The molecule has 26 heavy (non-hydrogen) atoms. The number of rotatable bonds is 4. The number of non-ortho nitro benzene ring substituents is 1. The van der Waals surface area contributed by atoms with Gasteiger partial charge in [0.15, 0.2) is 0 Å². The van der Waals surface area contributed by atoms with E-state index in [4.69, 9.17) is 17.0 Å². The van der Waals surface area contributed by atoms with E-state index in [9.17, 15) is 10.1 Å². The molecule has 0 unspecified atom stereocenters. The van der Waals surface area contributed by atoms with Crippen LogP contribution in [-0.2, 0) is 4.74 Å². The van der Waals surface area contributed by atoms with Gasteiger partial charge in [0.05, 0.1) is 23.5 Å². The third-order valence-electron chi connectivity index (χ3n) is 4.90. The smallest absolute Gasteiger partial charge is 0.278 e. The van der Waals surface area contributed by atoms with Gasteiger partial charge in [-0.1, -0.05) is 0 Å². The number of piperazine rings is 1. The van der Waals surface area contributed by atoms with E-state index in [1.54, 1.807) is 18.5 Å². The zero-order chi connectivity index (χ0) is 18.1. The number of nitro groups is 1. The molecule has 8 nitrogen and oxygen atoms in total. The molecule has 0 aliphatic carbocycles. The van der Waals surface area contributed by atoms with Crippen LogP contribution in [0, 0.1) is 10.1 Å². The number of thiocarbonyl (C=S) groups is 1. The molecule has 2 aliphatic heterocycles. The lowest BCUT2D eigenvalue weighted by molar-refractivity contribution is -0.383. The Hall–Kier alpha value is -2.52. The molecule has 0 bridgehead atoms. The average molecular weight is 373 g/mol. The van der Waals surface area contributed by atoms with E-state index in [0.29, 0.717) is 17.2 Å². The SMILES string of the molecule is O=[N+]([O-])c1ccc(N2CCN(CN3CCOC3=S)CC2)c2ccncc12. The fourth-order valence-electron chi connectivity index (χ4n) is 3.52. The largest absolute Gasteiger partial charge is 0.469 e. The minimum atomic E-state index is -0.354. The van der Waals surface area contributed by atoms with E-state index in [2.05, 4.69) is 19.7 Å². The average Bonchev–Trinajstić information content (AvgIpc) is 3.06. The lowest BCUT2D eigenvalue weighted by atomic mass is 10.1. The van der Waals surface area contributed by atoms with Gasteiger partial charge < -0.3 is 14.5 Å². The van der Waals surface area contributed by atoms with Crippen LogP contribution >= 0.6 is 12.2 Å². The number of nitro benzene ring substituents is 1. The molecule has 2 aromatic rings. The maximum absolute atomic E-state index is 11.3. The summed E-state index contributed by atoms with van der Waals surface area (Å²) >= 11 is 5.20. The number of pyridine rings is 1. The van der Waals surface area contributed by atoms with Crippen LogP contribution in [0.15, 0.2) is 30.6 Å². The van der Waals surface area contributed by atoms with Crippen LogP contribution in [0.1, 0.15) is 0 Å². The molecule has 9 heteroatoms. The van der Waals surface area contributed by atoms with Gasteiger partial charge in [-0.2, -0.15) is 0 Å². The summed E-state index contributed by atoms with van der Waals surface area (Å²) in [5, 5.41) is 13.3. The highest BCUT2D eigenvalue weighted by atomic mass is 32.1. The number of hydrogen-bond donors (Lipinski definition) is 0. The first kappa shape index (κ1) is 16.9. The normalized spacial score (nSPS) is 18.4. The Labute approximate surface area is 156 Å². The fourth-order valence-corrected chi connectivity index (χ4v) is 3.75. The van der Waals surface area contributed by atoms with Crippen molar-refractivity contribution in [2.75, 3.05) is 50.9 Å². The molecule has 0 radical (unpaired) electrons. The van der Waals surface area contributed by atoms with Crippen molar-refractivity contribution in [1.82, 2.24) is 14.8 Å². The van der Waals surface area contributed by atoms with Crippen LogP contribution in [0.2, 0.25) is 0 Å². The van der Waals surface area contributed by atoms with Crippen molar-refractivity contribution in [3.05, 3.63) is 40.7 Å². The summed E-state index contributed by atoms with van der Waals surface area (Å²) in [6, 6.07) is 5.27. The number of ether oxygens (including phenoxy) is 1. The number of hydrogen-bond acceptors (Lipinski definition) is 7. The first-order valence-corrected chi connectivity index (χ1v) is 8.94. The van der Waals surface area contributed by atoms with Gasteiger partial charge in [-0.3, -0.25) is 20.0 Å². The van der Waals surface area contributed by atoms with Crippen LogP contribution in [0.5, 0.6) is 0 Å². The Kier molecular flexibility index (Phi) is 4.56. The maximum atomic E-state index is 11.3. The Morgan fingerprint density at radius 1 is 1.15 bits per heavy atom. The van der Waals surface area contributed by atoms with E-state index in [1.165, 1.54) is 0 Å². The molecule has 1 aromatic carbocycles. The van der Waals surface area contributed by atoms with Crippen LogP contribution in [-0.4, -0.2) is 70.9 Å². The molecule has 0 N–H and O–H groups in total. The monoisotopic (exact) mass is 373 g/mol. The van der Waals surface area contributed by atoms with E-state index >= 15 is 0 Å². The molecule has 2 fully saturated rings. The summed E-state index contributed by atoms with van der Waals surface area (Å²) in [4.78, 5) is 21.7. The number of benzene rings is 1. The number of anilines is 1. The fraction of sp³-hybridized carbons (Fsp3) is 0.412. The molecule has 0 amide bonds. The zero-order valence-electron chi connectivity index (χ0n) is 14.2. The summed E-state index contributed by atoms with van der Waals surface area (Å²) in [7, 11) is 0. The van der Waals surface area contributed by atoms with Crippen molar-refractivity contribution in [2.24, 2.45) is 0 Å². The van der Waals surface area contributed by atoms with E-state index in [-0.39, 0.29) is 10.6 Å².